The van der Waals surface area contributed by atoms with Crippen LogP contribution in [0.4, 0.5) is 0 Å². The molecule has 0 bridgehead atoms. The molecular formula is C14H16ClN3O. The normalized spacial score (nSPS) is 23.5. The van der Waals surface area contributed by atoms with E-state index in [-0.39, 0.29) is 6.04 Å². The van der Waals surface area contributed by atoms with Crippen LogP contribution in [0.15, 0.2) is 28.8 Å². The first kappa shape index (κ1) is 12.6. The number of benzene rings is 1. The van der Waals surface area contributed by atoms with Gasteiger partial charge in [-0.1, -0.05) is 23.7 Å². The van der Waals surface area contributed by atoms with E-state index in [9.17, 15) is 0 Å². The van der Waals surface area contributed by atoms with Gasteiger partial charge in [-0.2, -0.15) is 4.98 Å². The Morgan fingerprint density at radius 3 is 2.84 bits per heavy atom. The number of rotatable bonds is 2. The van der Waals surface area contributed by atoms with Crippen LogP contribution >= 0.6 is 11.6 Å². The molecule has 1 aliphatic heterocycles. The fraction of sp³-hybridized carbons (Fsp3) is 0.429. The van der Waals surface area contributed by atoms with E-state index in [0.717, 1.165) is 12.1 Å². The summed E-state index contributed by atoms with van der Waals surface area (Å²) in [6.45, 7) is 3.22. The molecule has 1 fully saturated rings. The molecule has 0 spiro atoms. The molecule has 3 rings (SSSR count). The van der Waals surface area contributed by atoms with Gasteiger partial charge in [-0.3, -0.25) is 0 Å². The smallest absolute Gasteiger partial charge is 0.244 e. The summed E-state index contributed by atoms with van der Waals surface area (Å²) in [5.74, 6) is 1.82. The lowest BCUT2D eigenvalue weighted by atomic mass is 9.93. The minimum Gasteiger partial charge on any atom is -0.337 e. The number of piperidine rings is 1. The maximum absolute atomic E-state index is 5.87. The average molecular weight is 278 g/mol. The van der Waals surface area contributed by atoms with Gasteiger partial charge in [-0.15, -0.1) is 0 Å². The summed E-state index contributed by atoms with van der Waals surface area (Å²) in [4.78, 5) is 4.50. The first-order valence-corrected chi connectivity index (χ1v) is 6.95. The lowest BCUT2D eigenvalue weighted by Gasteiger charge is -2.26. The zero-order valence-electron chi connectivity index (χ0n) is 10.8. The predicted molar refractivity (Wildman–Crippen MR) is 73.9 cm³/mol. The van der Waals surface area contributed by atoms with E-state index in [1.807, 2.05) is 24.3 Å². The third-order valence-corrected chi connectivity index (χ3v) is 3.83. The second-order valence-corrected chi connectivity index (χ2v) is 5.45. The van der Waals surface area contributed by atoms with Crippen molar-refractivity contribution in [3.8, 4) is 11.4 Å². The first-order valence-electron chi connectivity index (χ1n) is 6.57. The number of hydrogen-bond donors (Lipinski definition) is 1. The lowest BCUT2D eigenvalue weighted by Crippen LogP contribution is -2.33. The van der Waals surface area contributed by atoms with Crippen LogP contribution in [-0.2, 0) is 0 Å². The van der Waals surface area contributed by atoms with E-state index in [0.29, 0.717) is 22.7 Å². The predicted octanol–water partition coefficient (Wildman–Crippen LogP) is 3.45. The highest BCUT2D eigenvalue weighted by Crippen LogP contribution is 2.29. The van der Waals surface area contributed by atoms with Gasteiger partial charge in [0.1, 0.15) is 0 Å². The number of nitrogens with zero attached hydrogens (tertiary/aromatic N) is 2. The van der Waals surface area contributed by atoms with Crippen molar-refractivity contribution in [2.45, 2.75) is 25.8 Å². The molecule has 2 aromatic rings. The Morgan fingerprint density at radius 1 is 1.32 bits per heavy atom. The third-order valence-electron chi connectivity index (χ3n) is 3.58. The molecule has 1 aromatic carbocycles. The number of aromatic nitrogens is 2. The summed E-state index contributed by atoms with van der Waals surface area (Å²) >= 11 is 5.87. The quantitative estimate of drug-likeness (QED) is 0.913. The summed E-state index contributed by atoms with van der Waals surface area (Å²) in [5, 5.41) is 8.20. The van der Waals surface area contributed by atoms with E-state index >= 15 is 0 Å². The van der Waals surface area contributed by atoms with Gasteiger partial charge in [0.15, 0.2) is 0 Å². The molecule has 0 saturated carbocycles. The summed E-state index contributed by atoms with van der Waals surface area (Å²) in [6.07, 6.45) is 2.40. The van der Waals surface area contributed by atoms with Gasteiger partial charge in [0, 0.05) is 10.6 Å². The molecule has 100 valence electrons. The van der Waals surface area contributed by atoms with Crippen molar-refractivity contribution < 1.29 is 4.52 Å². The molecule has 1 saturated heterocycles. The Kier molecular flexibility index (Phi) is 3.53. The van der Waals surface area contributed by atoms with E-state index in [2.05, 4.69) is 22.4 Å². The molecule has 5 heteroatoms. The van der Waals surface area contributed by atoms with Crippen LogP contribution in [0.2, 0.25) is 5.02 Å². The van der Waals surface area contributed by atoms with Gasteiger partial charge < -0.3 is 9.84 Å². The monoisotopic (exact) mass is 277 g/mol. The minimum atomic E-state index is 0.169. The second-order valence-electron chi connectivity index (χ2n) is 5.01. The van der Waals surface area contributed by atoms with Crippen LogP contribution in [0.1, 0.15) is 31.7 Å². The van der Waals surface area contributed by atoms with Crippen molar-refractivity contribution in [2.24, 2.45) is 5.92 Å². The molecule has 2 unspecified atom stereocenters. The molecule has 0 aliphatic carbocycles. The maximum atomic E-state index is 5.87. The van der Waals surface area contributed by atoms with Crippen molar-refractivity contribution in [3.05, 3.63) is 35.2 Å². The Labute approximate surface area is 117 Å². The molecule has 1 aliphatic rings. The van der Waals surface area contributed by atoms with Crippen LogP contribution in [-0.4, -0.2) is 16.7 Å². The molecule has 1 aromatic heterocycles. The van der Waals surface area contributed by atoms with Crippen LogP contribution in [0.25, 0.3) is 11.4 Å². The fourth-order valence-electron chi connectivity index (χ4n) is 2.46. The molecule has 2 heterocycles. The highest BCUT2D eigenvalue weighted by Gasteiger charge is 2.27. The highest BCUT2D eigenvalue weighted by atomic mass is 35.5. The second kappa shape index (κ2) is 5.31. The Balaban J connectivity index is 1.84. The lowest BCUT2D eigenvalue weighted by molar-refractivity contribution is 0.239. The standard InChI is InChI=1S/C14H16ClN3O/c1-9-3-2-8-16-12(9)14-17-13(18-19-14)10-4-6-11(15)7-5-10/h4-7,9,12,16H,2-3,8H2,1H3. The minimum absolute atomic E-state index is 0.169. The van der Waals surface area contributed by atoms with Crippen molar-refractivity contribution in [1.82, 2.24) is 15.5 Å². The van der Waals surface area contributed by atoms with Crippen molar-refractivity contribution in [2.75, 3.05) is 6.54 Å². The van der Waals surface area contributed by atoms with Crippen LogP contribution < -0.4 is 5.32 Å². The zero-order chi connectivity index (χ0) is 13.2. The molecular weight excluding hydrogens is 262 g/mol. The number of nitrogens with one attached hydrogen (secondary N) is 1. The number of halogens is 1. The third kappa shape index (κ3) is 2.65. The van der Waals surface area contributed by atoms with Gasteiger partial charge in [0.2, 0.25) is 11.7 Å². The summed E-state index contributed by atoms with van der Waals surface area (Å²) in [5.41, 5.74) is 0.919. The summed E-state index contributed by atoms with van der Waals surface area (Å²) in [6, 6.07) is 7.62. The Bertz CT molecular complexity index is 552. The molecule has 0 amide bonds. The van der Waals surface area contributed by atoms with Crippen molar-refractivity contribution >= 4 is 11.6 Å². The molecule has 2 atom stereocenters. The Morgan fingerprint density at radius 2 is 2.11 bits per heavy atom. The molecule has 4 nitrogen and oxygen atoms in total. The van der Waals surface area contributed by atoms with Gasteiger partial charge >= 0.3 is 0 Å². The number of hydrogen-bond acceptors (Lipinski definition) is 4. The van der Waals surface area contributed by atoms with Gasteiger partial charge in [-0.05, 0) is 49.6 Å². The van der Waals surface area contributed by atoms with Gasteiger partial charge in [0.25, 0.3) is 0 Å². The van der Waals surface area contributed by atoms with E-state index in [1.54, 1.807) is 0 Å². The summed E-state index contributed by atoms with van der Waals surface area (Å²) < 4.78 is 5.40. The van der Waals surface area contributed by atoms with E-state index < -0.39 is 0 Å². The van der Waals surface area contributed by atoms with Crippen molar-refractivity contribution in [1.29, 1.82) is 0 Å². The van der Waals surface area contributed by atoms with Gasteiger partial charge in [-0.25, -0.2) is 0 Å². The molecule has 19 heavy (non-hydrogen) atoms. The maximum Gasteiger partial charge on any atom is 0.244 e. The van der Waals surface area contributed by atoms with Crippen LogP contribution in [0.5, 0.6) is 0 Å². The van der Waals surface area contributed by atoms with Crippen LogP contribution in [0, 0.1) is 5.92 Å². The van der Waals surface area contributed by atoms with Gasteiger partial charge in [0.05, 0.1) is 6.04 Å². The topological polar surface area (TPSA) is 51.0 Å². The van der Waals surface area contributed by atoms with E-state index in [1.165, 1.54) is 12.8 Å². The summed E-state index contributed by atoms with van der Waals surface area (Å²) in [7, 11) is 0. The molecule has 0 radical (unpaired) electrons. The Hall–Kier alpha value is -1.39. The molecule has 1 N–H and O–H groups in total. The van der Waals surface area contributed by atoms with E-state index in [4.69, 9.17) is 16.1 Å². The highest BCUT2D eigenvalue weighted by molar-refractivity contribution is 6.30. The largest absolute Gasteiger partial charge is 0.337 e. The SMILES string of the molecule is CC1CCCNC1c1nc(-c2ccc(Cl)cc2)no1. The fourth-order valence-corrected chi connectivity index (χ4v) is 2.58. The zero-order valence-corrected chi connectivity index (χ0v) is 11.5. The van der Waals surface area contributed by atoms with Crippen LogP contribution in [0.3, 0.4) is 0 Å². The first-order chi connectivity index (χ1) is 9.24. The van der Waals surface area contributed by atoms with Crippen molar-refractivity contribution in [3.63, 3.8) is 0 Å². The average Bonchev–Trinajstić information content (AvgIpc) is 2.89.